The summed E-state index contributed by atoms with van der Waals surface area (Å²) in [5.74, 6) is 2.05. The second-order valence-electron chi connectivity index (χ2n) is 5.94. The van der Waals surface area contributed by atoms with E-state index >= 15 is 0 Å². The Bertz CT molecular complexity index is 974. The molecule has 0 saturated heterocycles. The molecule has 0 aromatic heterocycles. The molecule has 0 unspecified atom stereocenters. The lowest BCUT2D eigenvalue weighted by Crippen LogP contribution is -2.15. The highest BCUT2D eigenvalue weighted by Crippen LogP contribution is 2.33. The van der Waals surface area contributed by atoms with E-state index in [0.29, 0.717) is 33.7 Å². The lowest BCUT2D eigenvalue weighted by atomic mass is 10.1. The Hall–Kier alpha value is -3.18. The summed E-state index contributed by atoms with van der Waals surface area (Å²) < 4.78 is 16.4. The van der Waals surface area contributed by atoms with Gasteiger partial charge in [-0.3, -0.25) is 4.79 Å². The van der Waals surface area contributed by atoms with Crippen LogP contribution in [0.15, 0.2) is 66.7 Å². The van der Waals surface area contributed by atoms with E-state index < -0.39 is 0 Å². The quantitative estimate of drug-likeness (QED) is 0.585. The fourth-order valence-corrected chi connectivity index (χ4v) is 2.85. The molecule has 0 aliphatic rings. The van der Waals surface area contributed by atoms with Crippen molar-refractivity contribution < 1.29 is 19.0 Å². The molecule has 0 bridgehead atoms. The molecular formula is C22H20ClNO4. The molecule has 3 rings (SSSR count). The lowest BCUT2D eigenvalue weighted by Gasteiger charge is -2.13. The molecule has 3 aromatic rings. The van der Waals surface area contributed by atoms with E-state index in [4.69, 9.17) is 25.8 Å². The maximum atomic E-state index is 12.5. The van der Waals surface area contributed by atoms with Crippen LogP contribution in [0.1, 0.15) is 5.56 Å². The zero-order valence-electron chi connectivity index (χ0n) is 15.6. The van der Waals surface area contributed by atoms with Crippen molar-refractivity contribution in [3.8, 4) is 23.0 Å². The smallest absolute Gasteiger partial charge is 0.228 e. The van der Waals surface area contributed by atoms with E-state index in [-0.39, 0.29) is 12.3 Å². The Morgan fingerprint density at radius 1 is 0.857 bits per heavy atom. The maximum Gasteiger partial charge on any atom is 0.228 e. The van der Waals surface area contributed by atoms with Crippen LogP contribution in [0.4, 0.5) is 5.69 Å². The van der Waals surface area contributed by atoms with Crippen LogP contribution in [-0.4, -0.2) is 20.1 Å². The van der Waals surface area contributed by atoms with Gasteiger partial charge in [0.2, 0.25) is 5.91 Å². The third-order valence-corrected chi connectivity index (χ3v) is 4.34. The number of benzene rings is 3. The summed E-state index contributed by atoms with van der Waals surface area (Å²) in [4.78, 5) is 12.5. The van der Waals surface area contributed by atoms with E-state index in [0.717, 1.165) is 5.56 Å². The number of carbonyl (C=O) groups is 1. The number of rotatable bonds is 7. The zero-order valence-corrected chi connectivity index (χ0v) is 16.3. The molecule has 1 amide bonds. The van der Waals surface area contributed by atoms with Gasteiger partial charge in [0.25, 0.3) is 0 Å². The number of carbonyl (C=O) groups excluding carboxylic acids is 1. The van der Waals surface area contributed by atoms with Gasteiger partial charge in [-0.25, -0.2) is 0 Å². The minimum Gasteiger partial charge on any atom is -0.493 e. The standard InChI is InChI=1S/C22H20ClNO4/c1-26-20-12-11-15(13-21(20)27-2)14-22(25)24-17-8-4-6-10-19(17)28-18-9-5-3-7-16(18)23/h3-13H,14H2,1-2H3,(H,24,25). The number of anilines is 1. The first-order chi connectivity index (χ1) is 13.6. The molecule has 1 N–H and O–H groups in total. The predicted octanol–water partition coefficient (Wildman–Crippen LogP) is 5.33. The average Bonchev–Trinajstić information content (AvgIpc) is 2.71. The van der Waals surface area contributed by atoms with Crippen LogP contribution < -0.4 is 19.5 Å². The minimum atomic E-state index is -0.178. The zero-order chi connectivity index (χ0) is 19.9. The summed E-state index contributed by atoms with van der Waals surface area (Å²) in [6.45, 7) is 0. The third kappa shape index (κ3) is 4.75. The SMILES string of the molecule is COc1ccc(CC(=O)Nc2ccccc2Oc2ccccc2Cl)cc1OC. The number of hydrogen-bond donors (Lipinski definition) is 1. The van der Waals surface area contributed by atoms with Crippen LogP contribution in [0.5, 0.6) is 23.0 Å². The molecule has 0 aliphatic heterocycles. The summed E-state index contributed by atoms with van der Waals surface area (Å²) in [5.41, 5.74) is 1.37. The Morgan fingerprint density at radius 3 is 2.25 bits per heavy atom. The van der Waals surface area contributed by atoms with Crippen molar-refractivity contribution in [2.75, 3.05) is 19.5 Å². The number of hydrogen-bond acceptors (Lipinski definition) is 4. The number of nitrogens with one attached hydrogen (secondary N) is 1. The Balaban J connectivity index is 1.73. The van der Waals surface area contributed by atoms with E-state index in [9.17, 15) is 4.79 Å². The Kier molecular flexibility index (Phi) is 6.40. The molecule has 5 nitrogen and oxygen atoms in total. The van der Waals surface area contributed by atoms with Crippen molar-refractivity contribution in [1.82, 2.24) is 0 Å². The molecule has 3 aromatic carbocycles. The molecule has 144 valence electrons. The van der Waals surface area contributed by atoms with Crippen molar-refractivity contribution in [3.05, 3.63) is 77.3 Å². The van der Waals surface area contributed by atoms with Gasteiger partial charge in [-0.2, -0.15) is 0 Å². The van der Waals surface area contributed by atoms with Crippen molar-refractivity contribution in [3.63, 3.8) is 0 Å². The lowest BCUT2D eigenvalue weighted by molar-refractivity contribution is -0.115. The summed E-state index contributed by atoms with van der Waals surface area (Å²) in [5, 5.41) is 3.38. The van der Waals surface area contributed by atoms with Crippen LogP contribution in [0.3, 0.4) is 0 Å². The summed E-state index contributed by atoms with van der Waals surface area (Å²) >= 11 is 6.16. The van der Waals surface area contributed by atoms with Crippen LogP contribution in [-0.2, 0) is 11.2 Å². The van der Waals surface area contributed by atoms with Gasteiger partial charge in [0.15, 0.2) is 17.2 Å². The molecule has 0 fully saturated rings. The van der Waals surface area contributed by atoms with E-state index in [2.05, 4.69) is 5.32 Å². The molecule has 0 atom stereocenters. The van der Waals surface area contributed by atoms with Gasteiger partial charge in [-0.15, -0.1) is 0 Å². The molecule has 0 spiro atoms. The second-order valence-corrected chi connectivity index (χ2v) is 6.35. The number of para-hydroxylation sites is 3. The van der Waals surface area contributed by atoms with E-state index in [1.165, 1.54) is 0 Å². The first kappa shape index (κ1) is 19.6. The molecular weight excluding hydrogens is 378 g/mol. The topological polar surface area (TPSA) is 56.8 Å². The molecule has 0 saturated carbocycles. The summed E-state index contributed by atoms with van der Waals surface area (Å²) in [6, 6.07) is 19.8. The Labute approximate surface area is 168 Å². The van der Waals surface area contributed by atoms with Crippen LogP contribution in [0, 0.1) is 0 Å². The fourth-order valence-electron chi connectivity index (χ4n) is 2.68. The third-order valence-electron chi connectivity index (χ3n) is 4.03. The van der Waals surface area contributed by atoms with Crippen molar-refractivity contribution in [1.29, 1.82) is 0 Å². The highest BCUT2D eigenvalue weighted by molar-refractivity contribution is 6.32. The monoisotopic (exact) mass is 397 g/mol. The van der Waals surface area contributed by atoms with Crippen molar-refractivity contribution in [2.45, 2.75) is 6.42 Å². The molecule has 0 radical (unpaired) electrons. The first-order valence-corrected chi connectivity index (χ1v) is 9.00. The van der Waals surface area contributed by atoms with Gasteiger partial charge >= 0.3 is 0 Å². The van der Waals surface area contributed by atoms with Gasteiger partial charge in [0, 0.05) is 0 Å². The van der Waals surface area contributed by atoms with Crippen molar-refractivity contribution in [2.24, 2.45) is 0 Å². The van der Waals surface area contributed by atoms with Gasteiger partial charge in [-0.1, -0.05) is 41.9 Å². The highest BCUT2D eigenvalue weighted by Gasteiger charge is 2.12. The number of methoxy groups -OCH3 is 2. The summed E-state index contributed by atoms with van der Waals surface area (Å²) in [6.07, 6.45) is 0.181. The molecule has 0 aliphatic carbocycles. The molecule has 28 heavy (non-hydrogen) atoms. The normalized spacial score (nSPS) is 10.2. The summed E-state index contributed by atoms with van der Waals surface area (Å²) in [7, 11) is 3.13. The van der Waals surface area contributed by atoms with E-state index in [1.54, 1.807) is 50.6 Å². The van der Waals surface area contributed by atoms with Crippen molar-refractivity contribution >= 4 is 23.2 Å². The van der Waals surface area contributed by atoms with Crippen LogP contribution >= 0.6 is 11.6 Å². The Morgan fingerprint density at radius 2 is 1.54 bits per heavy atom. The average molecular weight is 398 g/mol. The number of ether oxygens (including phenoxy) is 3. The molecule has 0 heterocycles. The minimum absolute atomic E-state index is 0.178. The predicted molar refractivity (Wildman–Crippen MR) is 110 cm³/mol. The maximum absolute atomic E-state index is 12.5. The number of amides is 1. The van der Waals surface area contributed by atoms with Gasteiger partial charge in [0.1, 0.15) is 5.75 Å². The highest BCUT2D eigenvalue weighted by atomic mass is 35.5. The van der Waals surface area contributed by atoms with Gasteiger partial charge in [-0.05, 0) is 42.0 Å². The van der Waals surface area contributed by atoms with Crippen LogP contribution in [0.25, 0.3) is 0 Å². The van der Waals surface area contributed by atoms with Gasteiger partial charge < -0.3 is 19.5 Å². The second kappa shape index (κ2) is 9.15. The largest absolute Gasteiger partial charge is 0.493 e. The molecule has 6 heteroatoms. The van der Waals surface area contributed by atoms with Gasteiger partial charge in [0.05, 0.1) is 31.4 Å². The fraction of sp³-hybridized carbons (Fsp3) is 0.136. The number of halogens is 1. The first-order valence-electron chi connectivity index (χ1n) is 8.63. The van der Waals surface area contributed by atoms with E-state index in [1.807, 2.05) is 30.3 Å². The van der Waals surface area contributed by atoms with Crippen LogP contribution in [0.2, 0.25) is 5.02 Å².